The van der Waals surface area contributed by atoms with E-state index >= 15 is 0 Å². The molecule has 1 amide bonds. The van der Waals surface area contributed by atoms with Crippen molar-refractivity contribution >= 4 is 6.09 Å². The molecule has 0 aliphatic carbocycles. The Bertz CT molecular complexity index is 394. The van der Waals surface area contributed by atoms with Crippen molar-refractivity contribution in [1.29, 1.82) is 0 Å². The van der Waals surface area contributed by atoms with E-state index in [-0.39, 0.29) is 0 Å². The maximum atomic E-state index is 10.9. The lowest BCUT2D eigenvalue weighted by Crippen LogP contribution is -2.31. The molecule has 0 aromatic heterocycles. The Balaban J connectivity index is 2.28. The van der Waals surface area contributed by atoms with Crippen LogP contribution in [0.3, 0.4) is 0 Å². The number of amides is 1. The van der Waals surface area contributed by atoms with Crippen LogP contribution in [0.15, 0.2) is 30.3 Å². The summed E-state index contributed by atoms with van der Waals surface area (Å²) in [5.41, 5.74) is 0.583. The molecular formula is C8H7N3O4. The van der Waals surface area contributed by atoms with Gasteiger partial charge in [0.25, 0.3) is 0 Å². The van der Waals surface area contributed by atoms with Crippen molar-refractivity contribution in [1.82, 2.24) is 10.5 Å². The highest BCUT2D eigenvalue weighted by Gasteiger charge is 2.40. The van der Waals surface area contributed by atoms with Crippen LogP contribution in [0.2, 0.25) is 0 Å². The molecule has 0 spiro atoms. The minimum Gasteiger partial charge on any atom is -0.287 e. The Labute approximate surface area is 84.3 Å². The summed E-state index contributed by atoms with van der Waals surface area (Å²) in [7, 11) is 0. The second kappa shape index (κ2) is 3.45. The van der Waals surface area contributed by atoms with Crippen molar-refractivity contribution in [2.45, 2.75) is 6.17 Å². The lowest BCUT2D eigenvalue weighted by atomic mass is 10.2. The summed E-state index contributed by atoms with van der Waals surface area (Å²) in [5.74, 6) is 0. The van der Waals surface area contributed by atoms with Crippen LogP contribution in [-0.2, 0) is 4.84 Å². The predicted octanol–water partition coefficient (Wildman–Crippen LogP) is 0.834. The first kappa shape index (κ1) is 9.25. The third-order valence-corrected chi connectivity index (χ3v) is 1.93. The lowest BCUT2D eigenvalue weighted by molar-refractivity contribution is -0.728. The van der Waals surface area contributed by atoms with Gasteiger partial charge in [-0.3, -0.25) is 10.2 Å². The maximum absolute atomic E-state index is 10.9. The Morgan fingerprint density at radius 1 is 1.40 bits per heavy atom. The van der Waals surface area contributed by atoms with Gasteiger partial charge in [0, 0.05) is 5.56 Å². The number of nitrogens with zero attached hydrogens (tertiary/aromatic N) is 2. The number of carbonyl (C=O) groups is 1. The van der Waals surface area contributed by atoms with Gasteiger partial charge in [-0.2, -0.15) is 0 Å². The van der Waals surface area contributed by atoms with Gasteiger partial charge in [-0.1, -0.05) is 30.3 Å². The fourth-order valence-corrected chi connectivity index (χ4v) is 1.30. The molecule has 1 saturated heterocycles. The highest BCUT2D eigenvalue weighted by Crippen LogP contribution is 2.22. The first-order valence-electron chi connectivity index (χ1n) is 4.15. The van der Waals surface area contributed by atoms with E-state index in [1.165, 1.54) is 0 Å². The molecule has 0 bridgehead atoms. The predicted molar refractivity (Wildman–Crippen MR) is 47.6 cm³/mol. The summed E-state index contributed by atoms with van der Waals surface area (Å²) in [6.07, 6.45) is -1.71. The average molecular weight is 209 g/mol. The Morgan fingerprint density at radius 2 is 2.07 bits per heavy atom. The average Bonchev–Trinajstić information content (AvgIpc) is 2.62. The summed E-state index contributed by atoms with van der Waals surface area (Å²) < 4.78 is 0. The minimum atomic E-state index is -0.881. The molecule has 1 N–H and O–H groups in total. The highest BCUT2D eigenvalue weighted by molar-refractivity contribution is 5.69. The van der Waals surface area contributed by atoms with Crippen LogP contribution < -0.4 is 5.32 Å². The van der Waals surface area contributed by atoms with Crippen molar-refractivity contribution in [3.63, 3.8) is 0 Å². The molecule has 7 nitrogen and oxygen atoms in total. The SMILES string of the molecule is O=C1NC(c2ccccc2)N([N+](=O)[O-])O1. The second-order valence-electron chi connectivity index (χ2n) is 2.88. The Morgan fingerprint density at radius 3 is 2.67 bits per heavy atom. The van der Waals surface area contributed by atoms with E-state index in [1.807, 2.05) is 0 Å². The third kappa shape index (κ3) is 1.66. The highest BCUT2D eigenvalue weighted by atomic mass is 16.9. The van der Waals surface area contributed by atoms with Gasteiger partial charge in [-0.05, 0) is 0 Å². The number of nitrogens with one attached hydrogen (secondary N) is 1. The fraction of sp³-hybridized carbons (Fsp3) is 0.125. The van der Waals surface area contributed by atoms with Crippen molar-refractivity contribution in [3.05, 3.63) is 46.0 Å². The number of hydrogen-bond donors (Lipinski definition) is 1. The molecular weight excluding hydrogens is 202 g/mol. The molecule has 78 valence electrons. The summed E-state index contributed by atoms with van der Waals surface area (Å²) in [6.45, 7) is 0. The van der Waals surface area contributed by atoms with E-state index in [0.717, 1.165) is 0 Å². The summed E-state index contributed by atoms with van der Waals surface area (Å²) in [5, 5.41) is 12.5. The zero-order chi connectivity index (χ0) is 10.8. The molecule has 1 aromatic rings. The van der Waals surface area contributed by atoms with Crippen molar-refractivity contribution in [2.24, 2.45) is 0 Å². The summed E-state index contributed by atoms with van der Waals surface area (Å²) >= 11 is 0. The molecule has 1 aromatic carbocycles. The largest absolute Gasteiger partial charge is 0.438 e. The van der Waals surface area contributed by atoms with E-state index in [4.69, 9.17) is 0 Å². The molecule has 2 rings (SSSR count). The van der Waals surface area contributed by atoms with Gasteiger partial charge in [0.2, 0.25) is 6.17 Å². The second-order valence-corrected chi connectivity index (χ2v) is 2.88. The molecule has 1 heterocycles. The van der Waals surface area contributed by atoms with Gasteiger partial charge in [-0.15, -0.1) is 0 Å². The first-order chi connectivity index (χ1) is 7.18. The molecule has 7 heteroatoms. The quantitative estimate of drug-likeness (QED) is 0.576. The Kier molecular flexibility index (Phi) is 2.13. The van der Waals surface area contributed by atoms with Crippen LogP contribution in [0.4, 0.5) is 4.79 Å². The lowest BCUT2D eigenvalue weighted by Gasteiger charge is -2.11. The smallest absolute Gasteiger partial charge is 0.287 e. The number of hydrazine groups is 1. The van der Waals surface area contributed by atoms with Gasteiger partial charge >= 0.3 is 6.09 Å². The molecule has 1 aliphatic heterocycles. The van der Waals surface area contributed by atoms with Crippen LogP contribution in [0.5, 0.6) is 0 Å². The van der Waals surface area contributed by atoms with Gasteiger partial charge in [0.15, 0.2) is 5.03 Å². The van der Waals surface area contributed by atoms with Crippen LogP contribution in [-0.4, -0.2) is 16.3 Å². The molecule has 1 fully saturated rings. The molecule has 1 aliphatic rings. The zero-order valence-corrected chi connectivity index (χ0v) is 7.49. The van der Waals surface area contributed by atoms with Crippen LogP contribution in [0.1, 0.15) is 11.7 Å². The number of hydrogen-bond acceptors (Lipinski definition) is 4. The topological polar surface area (TPSA) is 84.7 Å². The van der Waals surface area contributed by atoms with Gasteiger partial charge in [0.05, 0.1) is 5.17 Å². The minimum absolute atomic E-state index is 0.387. The maximum Gasteiger partial charge on any atom is 0.438 e. The normalized spacial score (nSPS) is 19.6. The standard InChI is InChI=1S/C8H7N3O4/c12-8-9-7(10(15-8)11(13)14)6-4-2-1-3-5-6/h1-5,7H,(H,9,12). The molecule has 0 saturated carbocycles. The number of carbonyl (C=O) groups excluding carboxylic acids is 1. The van der Waals surface area contributed by atoms with E-state index in [2.05, 4.69) is 10.2 Å². The zero-order valence-electron chi connectivity index (χ0n) is 7.49. The van der Waals surface area contributed by atoms with Gasteiger partial charge in [-0.25, -0.2) is 14.9 Å². The molecule has 15 heavy (non-hydrogen) atoms. The van der Waals surface area contributed by atoms with Crippen molar-refractivity contribution in [2.75, 3.05) is 0 Å². The van der Waals surface area contributed by atoms with Crippen LogP contribution in [0.25, 0.3) is 0 Å². The first-order valence-corrected chi connectivity index (χ1v) is 4.15. The van der Waals surface area contributed by atoms with Gasteiger partial charge in [0.1, 0.15) is 0 Å². The van der Waals surface area contributed by atoms with E-state index in [0.29, 0.717) is 10.7 Å². The summed E-state index contributed by atoms with van der Waals surface area (Å²) in [6, 6.07) is 8.54. The molecule has 0 radical (unpaired) electrons. The van der Waals surface area contributed by atoms with Crippen molar-refractivity contribution < 1.29 is 14.7 Å². The number of nitro groups is 1. The summed E-state index contributed by atoms with van der Waals surface area (Å²) in [4.78, 5) is 25.8. The Hall–Kier alpha value is -2.31. The van der Waals surface area contributed by atoms with E-state index in [1.54, 1.807) is 30.3 Å². The van der Waals surface area contributed by atoms with Crippen LogP contribution in [0, 0.1) is 10.1 Å². The molecule has 1 unspecified atom stereocenters. The third-order valence-electron chi connectivity index (χ3n) is 1.93. The fourth-order valence-electron chi connectivity index (χ4n) is 1.30. The molecule has 1 atom stereocenters. The monoisotopic (exact) mass is 209 g/mol. The van der Waals surface area contributed by atoms with E-state index < -0.39 is 17.3 Å². The van der Waals surface area contributed by atoms with E-state index in [9.17, 15) is 14.9 Å². The number of hydroxylamine groups is 1. The number of rotatable bonds is 2. The number of benzene rings is 1. The van der Waals surface area contributed by atoms with Crippen LogP contribution >= 0.6 is 0 Å². The van der Waals surface area contributed by atoms with Crippen molar-refractivity contribution in [3.8, 4) is 0 Å². The van der Waals surface area contributed by atoms with Gasteiger partial charge < -0.3 is 0 Å².